The third-order valence-electron chi connectivity index (χ3n) is 3.12. The Morgan fingerprint density at radius 1 is 1.31 bits per heavy atom. The van der Waals surface area contributed by atoms with Gasteiger partial charge in [0.05, 0.1) is 0 Å². The molecule has 1 aromatic carbocycles. The molecular weight excluding hydrogens is 198 g/mol. The summed E-state index contributed by atoms with van der Waals surface area (Å²) in [6, 6.07) is 6.42. The first-order chi connectivity index (χ1) is 7.36. The van der Waals surface area contributed by atoms with Crippen molar-refractivity contribution in [1.29, 1.82) is 0 Å². The molecule has 2 nitrogen and oxygen atoms in total. The summed E-state index contributed by atoms with van der Waals surface area (Å²) in [5, 5.41) is 9.15. The van der Waals surface area contributed by atoms with Gasteiger partial charge in [-0.05, 0) is 45.2 Å². The van der Waals surface area contributed by atoms with E-state index >= 15 is 0 Å². The van der Waals surface area contributed by atoms with Crippen LogP contribution in [0.2, 0.25) is 0 Å². The van der Waals surface area contributed by atoms with Gasteiger partial charge in [-0.1, -0.05) is 23.8 Å². The highest BCUT2D eigenvalue weighted by Crippen LogP contribution is 2.31. The van der Waals surface area contributed by atoms with E-state index in [-0.39, 0.29) is 18.1 Å². The van der Waals surface area contributed by atoms with Gasteiger partial charge < -0.3 is 10.8 Å². The minimum Gasteiger partial charge on any atom is -0.396 e. The van der Waals surface area contributed by atoms with E-state index in [1.807, 2.05) is 13.8 Å². The highest BCUT2D eigenvalue weighted by Gasteiger charge is 2.27. The second-order valence-corrected chi connectivity index (χ2v) is 5.25. The number of aliphatic hydroxyl groups excluding tert-OH is 1. The summed E-state index contributed by atoms with van der Waals surface area (Å²) in [5.41, 5.74) is 9.67. The number of aliphatic hydroxyl groups is 1. The molecule has 1 rings (SSSR count). The molecule has 0 aliphatic rings. The van der Waals surface area contributed by atoms with Crippen molar-refractivity contribution in [3.63, 3.8) is 0 Å². The number of nitrogens with two attached hydrogens (primary N) is 1. The van der Waals surface area contributed by atoms with Crippen LogP contribution < -0.4 is 5.73 Å². The van der Waals surface area contributed by atoms with Crippen molar-refractivity contribution in [1.82, 2.24) is 0 Å². The molecule has 1 unspecified atom stereocenters. The number of rotatable bonds is 4. The average Bonchev–Trinajstić information content (AvgIpc) is 2.13. The van der Waals surface area contributed by atoms with Gasteiger partial charge in [-0.25, -0.2) is 0 Å². The average molecular weight is 221 g/mol. The molecule has 0 aromatic heterocycles. The normalized spacial score (nSPS) is 13.9. The summed E-state index contributed by atoms with van der Waals surface area (Å²) in [5.74, 6) is 0.207. The van der Waals surface area contributed by atoms with Crippen LogP contribution in [0, 0.1) is 13.8 Å². The first-order valence-corrected chi connectivity index (χ1v) is 5.83. The van der Waals surface area contributed by atoms with E-state index in [4.69, 9.17) is 10.8 Å². The summed E-state index contributed by atoms with van der Waals surface area (Å²) in [6.07, 6.45) is 0.716. The molecule has 1 aromatic rings. The van der Waals surface area contributed by atoms with E-state index in [0.717, 1.165) is 0 Å². The molecule has 1 atom stereocenters. The van der Waals surface area contributed by atoms with Crippen molar-refractivity contribution >= 4 is 0 Å². The Balaban J connectivity index is 3.11. The molecule has 0 heterocycles. The molecule has 0 aliphatic heterocycles. The Morgan fingerprint density at radius 2 is 1.94 bits per heavy atom. The van der Waals surface area contributed by atoms with Crippen molar-refractivity contribution in [2.75, 3.05) is 6.61 Å². The monoisotopic (exact) mass is 221 g/mol. The van der Waals surface area contributed by atoms with Crippen molar-refractivity contribution in [3.05, 3.63) is 34.9 Å². The summed E-state index contributed by atoms with van der Waals surface area (Å²) in [4.78, 5) is 0. The van der Waals surface area contributed by atoms with E-state index in [0.29, 0.717) is 6.42 Å². The second kappa shape index (κ2) is 4.98. The summed E-state index contributed by atoms with van der Waals surface area (Å²) >= 11 is 0. The lowest BCUT2D eigenvalue weighted by atomic mass is 9.78. The van der Waals surface area contributed by atoms with E-state index in [1.165, 1.54) is 16.7 Å². The zero-order chi connectivity index (χ0) is 12.3. The highest BCUT2D eigenvalue weighted by molar-refractivity contribution is 5.34. The largest absolute Gasteiger partial charge is 0.396 e. The van der Waals surface area contributed by atoms with Crippen LogP contribution in [0.15, 0.2) is 18.2 Å². The quantitative estimate of drug-likeness (QED) is 0.820. The molecule has 2 heteroatoms. The molecule has 0 spiro atoms. The lowest BCUT2D eigenvalue weighted by molar-refractivity contribution is 0.250. The highest BCUT2D eigenvalue weighted by atomic mass is 16.3. The van der Waals surface area contributed by atoms with Crippen LogP contribution in [-0.4, -0.2) is 17.3 Å². The predicted molar refractivity (Wildman–Crippen MR) is 68.6 cm³/mol. The van der Waals surface area contributed by atoms with Gasteiger partial charge in [-0.2, -0.15) is 0 Å². The fourth-order valence-corrected chi connectivity index (χ4v) is 2.27. The first-order valence-electron chi connectivity index (χ1n) is 5.83. The first kappa shape index (κ1) is 13.2. The summed E-state index contributed by atoms with van der Waals surface area (Å²) in [7, 11) is 0. The van der Waals surface area contributed by atoms with Gasteiger partial charge in [0.1, 0.15) is 0 Å². The van der Waals surface area contributed by atoms with Gasteiger partial charge in [0, 0.05) is 18.1 Å². The molecule has 0 saturated heterocycles. The van der Waals surface area contributed by atoms with Crippen molar-refractivity contribution in [2.24, 2.45) is 5.73 Å². The van der Waals surface area contributed by atoms with Crippen LogP contribution in [0.3, 0.4) is 0 Å². The van der Waals surface area contributed by atoms with Crippen LogP contribution >= 0.6 is 0 Å². The van der Waals surface area contributed by atoms with Crippen LogP contribution in [-0.2, 0) is 0 Å². The lowest BCUT2D eigenvalue weighted by Crippen LogP contribution is -2.40. The minimum absolute atomic E-state index is 0.179. The molecule has 0 radical (unpaired) electrons. The zero-order valence-electron chi connectivity index (χ0n) is 10.7. The van der Waals surface area contributed by atoms with Crippen molar-refractivity contribution in [2.45, 2.75) is 45.6 Å². The van der Waals surface area contributed by atoms with Crippen molar-refractivity contribution in [3.8, 4) is 0 Å². The SMILES string of the molecule is Cc1ccc(C(CCO)C(C)(C)N)c(C)c1. The Hall–Kier alpha value is -0.860. The van der Waals surface area contributed by atoms with E-state index in [2.05, 4.69) is 32.0 Å². The maximum absolute atomic E-state index is 9.15. The summed E-state index contributed by atoms with van der Waals surface area (Å²) < 4.78 is 0. The van der Waals surface area contributed by atoms with Gasteiger partial charge in [-0.3, -0.25) is 0 Å². The predicted octanol–water partition coefficient (Wildman–Crippen LogP) is 2.51. The van der Waals surface area contributed by atoms with E-state index in [9.17, 15) is 0 Å². The molecule has 0 bridgehead atoms. The Morgan fingerprint density at radius 3 is 2.38 bits per heavy atom. The molecule has 0 fully saturated rings. The van der Waals surface area contributed by atoms with Crippen LogP contribution in [0.5, 0.6) is 0 Å². The van der Waals surface area contributed by atoms with Gasteiger partial charge in [-0.15, -0.1) is 0 Å². The van der Waals surface area contributed by atoms with Gasteiger partial charge >= 0.3 is 0 Å². The number of aryl methyl sites for hydroxylation is 2. The minimum atomic E-state index is -0.303. The Labute approximate surface area is 98.5 Å². The maximum atomic E-state index is 9.15. The Kier molecular flexibility index (Phi) is 4.11. The number of hydrogen-bond acceptors (Lipinski definition) is 2. The fraction of sp³-hybridized carbons (Fsp3) is 0.571. The van der Waals surface area contributed by atoms with Crippen LogP contribution in [0.4, 0.5) is 0 Å². The topological polar surface area (TPSA) is 46.2 Å². The number of hydrogen-bond donors (Lipinski definition) is 2. The van der Waals surface area contributed by atoms with Crippen LogP contribution in [0.25, 0.3) is 0 Å². The molecule has 0 aliphatic carbocycles. The second-order valence-electron chi connectivity index (χ2n) is 5.25. The molecule has 0 saturated carbocycles. The molecule has 3 N–H and O–H groups in total. The van der Waals surface area contributed by atoms with E-state index in [1.54, 1.807) is 0 Å². The Bertz CT molecular complexity index is 352. The fourth-order valence-electron chi connectivity index (χ4n) is 2.27. The third-order valence-corrected chi connectivity index (χ3v) is 3.12. The third kappa shape index (κ3) is 3.06. The van der Waals surface area contributed by atoms with Gasteiger partial charge in [0.25, 0.3) is 0 Å². The molecule has 0 amide bonds. The van der Waals surface area contributed by atoms with E-state index < -0.39 is 0 Å². The molecule has 16 heavy (non-hydrogen) atoms. The number of benzene rings is 1. The maximum Gasteiger partial charge on any atom is 0.0437 e. The van der Waals surface area contributed by atoms with Crippen LogP contribution in [0.1, 0.15) is 42.9 Å². The zero-order valence-corrected chi connectivity index (χ0v) is 10.7. The molecular formula is C14H23NO. The molecule has 90 valence electrons. The smallest absolute Gasteiger partial charge is 0.0437 e. The van der Waals surface area contributed by atoms with Gasteiger partial charge in [0.2, 0.25) is 0 Å². The van der Waals surface area contributed by atoms with Gasteiger partial charge in [0.15, 0.2) is 0 Å². The standard InChI is InChI=1S/C14H23NO/c1-10-5-6-12(11(2)9-10)13(7-8-16)14(3,4)15/h5-6,9,13,16H,7-8,15H2,1-4H3. The summed E-state index contributed by atoms with van der Waals surface area (Å²) in [6.45, 7) is 8.42. The lowest BCUT2D eigenvalue weighted by Gasteiger charge is -2.32. The van der Waals surface area contributed by atoms with Crippen molar-refractivity contribution < 1.29 is 5.11 Å².